The van der Waals surface area contributed by atoms with Gasteiger partial charge in [0.1, 0.15) is 6.54 Å². The molecule has 1 aromatic heterocycles. The lowest BCUT2D eigenvalue weighted by atomic mass is 10.1. The second-order valence-corrected chi connectivity index (χ2v) is 6.40. The number of carbonyl (C=O) groups is 1. The summed E-state index contributed by atoms with van der Waals surface area (Å²) in [5.41, 5.74) is 1.28. The Labute approximate surface area is 161 Å². The van der Waals surface area contributed by atoms with Crippen LogP contribution in [0.4, 0.5) is 0 Å². The zero-order valence-electron chi connectivity index (χ0n) is 15.3. The topological polar surface area (TPSA) is 30.2 Å². The lowest BCUT2D eigenvalue weighted by molar-refractivity contribution is -0.670. The van der Waals surface area contributed by atoms with E-state index in [0.717, 1.165) is 32.2 Å². The van der Waals surface area contributed by atoms with Crippen molar-refractivity contribution in [2.45, 2.75) is 45.6 Å². The Balaban J connectivity index is 0.00000243. The molecule has 3 aromatic rings. The van der Waals surface area contributed by atoms with Crippen molar-refractivity contribution >= 4 is 27.6 Å². The molecule has 0 amide bonds. The summed E-state index contributed by atoms with van der Waals surface area (Å²) >= 11 is 0. The highest BCUT2D eigenvalue weighted by atomic mass is 35.5. The van der Waals surface area contributed by atoms with Gasteiger partial charge in [-0.2, -0.15) is 4.57 Å². The first-order valence-corrected chi connectivity index (χ1v) is 9.25. The summed E-state index contributed by atoms with van der Waals surface area (Å²) in [6, 6.07) is 17.2. The van der Waals surface area contributed by atoms with Gasteiger partial charge in [-0.15, -0.1) is 0 Å². The van der Waals surface area contributed by atoms with Crippen LogP contribution in [-0.4, -0.2) is 12.6 Å². The lowest BCUT2D eigenvalue weighted by Crippen LogP contribution is -3.00. The third-order valence-corrected chi connectivity index (χ3v) is 4.59. The standard InChI is InChI=1S/C22H26NO2.ClH/c1-2-25-22(24)15-5-3-4-10-16-23-17-18-11-6-7-12-19(18)20-13-8-9-14-21(20)23;/h6-9,11-14,17H,2-5,10,15-16H2,1H3;1H/q+1;/p-1. The molecule has 0 saturated carbocycles. The van der Waals surface area contributed by atoms with Crippen LogP contribution in [0.5, 0.6) is 0 Å². The van der Waals surface area contributed by atoms with Crippen LogP contribution in [-0.2, 0) is 16.1 Å². The molecule has 4 heteroatoms. The van der Waals surface area contributed by atoms with E-state index in [1.54, 1.807) is 0 Å². The molecule has 0 N–H and O–H groups in total. The summed E-state index contributed by atoms with van der Waals surface area (Å²) in [5.74, 6) is -0.0719. The highest BCUT2D eigenvalue weighted by Gasteiger charge is 2.12. The number of esters is 1. The number of unbranched alkanes of at least 4 members (excludes halogenated alkanes) is 3. The van der Waals surface area contributed by atoms with Crippen LogP contribution >= 0.6 is 0 Å². The van der Waals surface area contributed by atoms with Gasteiger partial charge in [0.15, 0.2) is 6.20 Å². The summed E-state index contributed by atoms with van der Waals surface area (Å²) in [5, 5.41) is 3.90. The van der Waals surface area contributed by atoms with Gasteiger partial charge in [-0.05, 0) is 31.9 Å². The lowest BCUT2D eigenvalue weighted by Gasteiger charge is -2.06. The molecule has 138 valence electrons. The summed E-state index contributed by atoms with van der Waals surface area (Å²) in [7, 11) is 0. The van der Waals surface area contributed by atoms with E-state index in [9.17, 15) is 4.79 Å². The number of hydrogen-bond acceptors (Lipinski definition) is 2. The molecule has 0 atom stereocenters. The number of halogens is 1. The minimum Gasteiger partial charge on any atom is -1.00 e. The quantitative estimate of drug-likeness (QED) is 0.261. The first-order valence-electron chi connectivity index (χ1n) is 9.25. The van der Waals surface area contributed by atoms with E-state index < -0.39 is 0 Å². The van der Waals surface area contributed by atoms with Crippen LogP contribution in [0, 0.1) is 0 Å². The molecule has 0 saturated heterocycles. The average Bonchev–Trinajstić information content (AvgIpc) is 2.64. The van der Waals surface area contributed by atoms with Gasteiger partial charge in [0.2, 0.25) is 5.52 Å². The number of carbonyl (C=O) groups excluding carboxylic acids is 1. The van der Waals surface area contributed by atoms with E-state index in [0.29, 0.717) is 13.0 Å². The van der Waals surface area contributed by atoms with Crippen LogP contribution in [0.25, 0.3) is 21.7 Å². The molecule has 0 unspecified atom stereocenters. The maximum absolute atomic E-state index is 11.3. The second-order valence-electron chi connectivity index (χ2n) is 6.40. The van der Waals surface area contributed by atoms with Gasteiger partial charge in [-0.25, -0.2) is 0 Å². The van der Waals surface area contributed by atoms with Crippen molar-refractivity contribution in [1.82, 2.24) is 0 Å². The number of hydrogen-bond donors (Lipinski definition) is 0. The maximum atomic E-state index is 11.3. The number of pyridine rings is 1. The molecule has 0 aliphatic carbocycles. The van der Waals surface area contributed by atoms with Crippen molar-refractivity contribution in [2.75, 3.05) is 6.61 Å². The minimum atomic E-state index is -0.0719. The zero-order valence-corrected chi connectivity index (χ0v) is 16.0. The summed E-state index contributed by atoms with van der Waals surface area (Å²) in [4.78, 5) is 11.3. The Kier molecular flexibility index (Phi) is 7.86. The number of aromatic nitrogens is 1. The predicted molar refractivity (Wildman–Crippen MR) is 101 cm³/mol. The number of aryl methyl sites for hydroxylation is 1. The third-order valence-electron chi connectivity index (χ3n) is 4.59. The fourth-order valence-corrected chi connectivity index (χ4v) is 3.37. The molecule has 0 spiro atoms. The Hall–Kier alpha value is -2.13. The van der Waals surface area contributed by atoms with Gasteiger partial charge in [0.25, 0.3) is 0 Å². The Bertz CT molecular complexity index is 863. The highest BCUT2D eigenvalue weighted by Crippen LogP contribution is 2.22. The van der Waals surface area contributed by atoms with Crippen molar-refractivity contribution < 1.29 is 26.5 Å². The van der Waals surface area contributed by atoms with Gasteiger partial charge >= 0.3 is 5.97 Å². The second kappa shape index (κ2) is 10.1. The number of fused-ring (bicyclic) bond motifs is 3. The van der Waals surface area contributed by atoms with E-state index in [4.69, 9.17) is 4.74 Å². The largest absolute Gasteiger partial charge is 1.00 e. The number of para-hydroxylation sites is 1. The van der Waals surface area contributed by atoms with Crippen molar-refractivity contribution in [1.29, 1.82) is 0 Å². The van der Waals surface area contributed by atoms with Crippen LogP contribution < -0.4 is 17.0 Å². The molecule has 0 radical (unpaired) electrons. The van der Waals surface area contributed by atoms with Crippen LogP contribution in [0.15, 0.2) is 54.7 Å². The fourth-order valence-electron chi connectivity index (χ4n) is 3.37. The number of benzene rings is 2. The SMILES string of the molecule is CCOC(=O)CCCCCC[n+]1cc2ccccc2c2ccccc21.[Cl-]. The van der Waals surface area contributed by atoms with Gasteiger partial charge in [0, 0.05) is 29.7 Å². The Morgan fingerprint density at radius 3 is 2.42 bits per heavy atom. The Morgan fingerprint density at radius 1 is 0.923 bits per heavy atom. The van der Waals surface area contributed by atoms with E-state index in [-0.39, 0.29) is 18.4 Å². The van der Waals surface area contributed by atoms with Crippen molar-refractivity contribution in [3.63, 3.8) is 0 Å². The van der Waals surface area contributed by atoms with Crippen LogP contribution in [0.1, 0.15) is 39.0 Å². The van der Waals surface area contributed by atoms with E-state index in [2.05, 4.69) is 59.3 Å². The summed E-state index contributed by atoms with van der Waals surface area (Å²) in [6.07, 6.45) is 7.05. The van der Waals surface area contributed by atoms with Crippen molar-refractivity contribution in [3.05, 3.63) is 54.7 Å². The molecule has 0 fully saturated rings. The molecular formula is C22H26ClNO2. The Morgan fingerprint density at radius 2 is 1.62 bits per heavy atom. The first-order chi connectivity index (χ1) is 12.3. The highest BCUT2D eigenvalue weighted by molar-refractivity contribution is 6.03. The van der Waals surface area contributed by atoms with Gasteiger partial charge in [-0.3, -0.25) is 4.79 Å². The number of rotatable bonds is 8. The summed E-state index contributed by atoms with van der Waals surface area (Å²) < 4.78 is 7.33. The van der Waals surface area contributed by atoms with E-state index in [1.165, 1.54) is 21.7 Å². The summed E-state index contributed by atoms with van der Waals surface area (Å²) in [6.45, 7) is 3.33. The fraction of sp³-hybridized carbons (Fsp3) is 0.364. The smallest absolute Gasteiger partial charge is 0.305 e. The molecule has 2 aromatic carbocycles. The predicted octanol–water partition coefficient (Wildman–Crippen LogP) is 1.80. The minimum absolute atomic E-state index is 0. The normalized spacial score (nSPS) is 10.7. The van der Waals surface area contributed by atoms with E-state index >= 15 is 0 Å². The molecule has 3 nitrogen and oxygen atoms in total. The van der Waals surface area contributed by atoms with Crippen LogP contribution in [0.3, 0.4) is 0 Å². The molecule has 0 bridgehead atoms. The molecular weight excluding hydrogens is 346 g/mol. The van der Waals surface area contributed by atoms with Crippen molar-refractivity contribution in [3.8, 4) is 0 Å². The third kappa shape index (κ3) is 4.95. The first kappa shape index (κ1) is 20.2. The maximum Gasteiger partial charge on any atom is 0.305 e. The van der Waals surface area contributed by atoms with Crippen LogP contribution in [0.2, 0.25) is 0 Å². The zero-order chi connectivity index (χ0) is 17.5. The van der Waals surface area contributed by atoms with E-state index in [1.807, 2.05) is 6.92 Å². The monoisotopic (exact) mass is 371 g/mol. The molecule has 0 aliphatic heterocycles. The van der Waals surface area contributed by atoms with Gasteiger partial charge < -0.3 is 17.1 Å². The van der Waals surface area contributed by atoms with Gasteiger partial charge in [-0.1, -0.05) is 36.8 Å². The molecule has 0 aliphatic rings. The van der Waals surface area contributed by atoms with Crippen molar-refractivity contribution in [2.24, 2.45) is 0 Å². The number of nitrogens with zero attached hydrogens (tertiary/aromatic N) is 1. The molecule has 1 heterocycles. The molecule has 3 rings (SSSR count). The number of ether oxygens (including phenoxy) is 1. The average molecular weight is 372 g/mol. The van der Waals surface area contributed by atoms with Gasteiger partial charge in [0.05, 0.1) is 12.0 Å². The molecule has 26 heavy (non-hydrogen) atoms.